The fourth-order valence-electron chi connectivity index (χ4n) is 2.93. The van der Waals surface area contributed by atoms with E-state index in [1.807, 2.05) is 12.1 Å². The number of carbonyl (C=O) groups excluding carboxylic acids is 1. The minimum absolute atomic E-state index is 0.0521. The Hall–Kier alpha value is -3.53. The lowest BCUT2D eigenvalue weighted by Gasteiger charge is -2.15. The molecule has 1 N–H and O–H groups in total. The Labute approximate surface area is 164 Å². The van der Waals surface area contributed by atoms with Crippen molar-refractivity contribution in [2.45, 2.75) is 12.5 Å². The molecule has 0 bridgehead atoms. The maximum absolute atomic E-state index is 11.7. The number of nitrogens with zero attached hydrogens (tertiary/aromatic N) is 3. The van der Waals surface area contributed by atoms with Crippen molar-refractivity contribution in [1.29, 1.82) is 0 Å². The van der Waals surface area contributed by atoms with Crippen molar-refractivity contribution in [2.75, 3.05) is 32.6 Å². The molecule has 0 radical (unpaired) electrons. The van der Waals surface area contributed by atoms with Crippen molar-refractivity contribution in [2.24, 2.45) is 0 Å². The van der Waals surface area contributed by atoms with Crippen molar-refractivity contribution < 1.29 is 14.3 Å². The fourth-order valence-corrected chi connectivity index (χ4v) is 2.93. The predicted octanol–water partition coefficient (Wildman–Crippen LogP) is 2.09. The predicted molar refractivity (Wildman–Crippen MR) is 106 cm³/mol. The van der Waals surface area contributed by atoms with Gasteiger partial charge in [-0.15, -0.1) is 0 Å². The smallest absolute Gasteiger partial charge is 0.246 e. The summed E-state index contributed by atoms with van der Waals surface area (Å²) in [5.74, 6) is 7.99. The van der Waals surface area contributed by atoms with E-state index in [0.29, 0.717) is 36.1 Å². The molecule has 1 atom stereocenters. The zero-order valence-corrected chi connectivity index (χ0v) is 15.9. The number of aromatic nitrogens is 2. The molecule has 0 spiro atoms. The lowest BCUT2D eigenvalue weighted by molar-refractivity contribution is -0.125. The van der Waals surface area contributed by atoms with Gasteiger partial charge < -0.3 is 19.7 Å². The van der Waals surface area contributed by atoms with Gasteiger partial charge in [0.2, 0.25) is 5.91 Å². The molecule has 3 rings (SSSR count). The third kappa shape index (κ3) is 4.80. The summed E-state index contributed by atoms with van der Waals surface area (Å²) in [5, 5.41) is 3.32. The van der Waals surface area contributed by atoms with Gasteiger partial charge in [-0.1, -0.05) is 12.5 Å². The van der Waals surface area contributed by atoms with Crippen molar-refractivity contribution in [3.05, 3.63) is 54.5 Å². The quantitative estimate of drug-likeness (QED) is 0.634. The summed E-state index contributed by atoms with van der Waals surface area (Å²) in [6.07, 6.45) is 5.45. The lowest BCUT2D eigenvalue weighted by atomic mass is 10.2. The first-order valence-electron chi connectivity index (χ1n) is 8.86. The SMILES string of the molecule is C=CC(=O)N1CC[C@H](Nc2cncc(C#Cc3cc(OC)cc(OC)c3)n2)C1. The van der Waals surface area contributed by atoms with Gasteiger partial charge in [-0.05, 0) is 30.6 Å². The van der Waals surface area contributed by atoms with Gasteiger partial charge in [-0.3, -0.25) is 9.78 Å². The van der Waals surface area contributed by atoms with Crippen LogP contribution in [-0.4, -0.2) is 54.1 Å². The molecular weight excluding hydrogens is 356 g/mol. The summed E-state index contributed by atoms with van der Waals surface area (Å²) < 4.78 is 10.5. The van der Waals surface area contributed by atoms with Gasteiger partial charge in [0, 0.05) is 30.8 Å². The Morgan fingerprint density at radius 3 is 2.68 bits per heavy atom. The van der Waals surface area contributed by atoms with Crippen LogP contribution in [0.3, 0.4) is 0 Å². The van der Waals surface area contributed by atoms with E-state index in [-0.39, 0.29) is 11.9 Å². The molecule has 1 saturated heterocycles. The summed E-state index contributed by atoms with van der Waals surface area (Å²) in [4.78, 5) is 22.2. The number of methoxy groups -OCH3 is 2. The van der Waals surface area contributed by atoms with E-state index in [2.05, 4.69) is 33.7 Å². The molecule has 144 valence electrons. The molecule has 1 amide bonds. The van der Waals surface area contributed by atoms with E-state index in [9.17, 15) is 4.79 Å². The molecule has 0 saturated carbocycles. The molecule has 2 heterocycles. The Kier molecular flexibility index (Phi) is 6.12. The maximum Gasteiger partial charge on any atom is 0.246 e. The molecule has 7 nitrogen and oxygen atoms in total. The number of ether oxygens (including phenoxy) is 2. The largest absolute Gasteiger partial charge is 0.497 e. The second-order valence-corrected chi connectivity index (χ2v) is 6.26. The summed E-state index contributed by atoms with van der Waals surface area (Å²) >= 11 is 0. The third-order valence-electron chi connectivity index (χ3n) is 4.35. The standard InChI is InChI=1S/C21H22N4O3/c1-4-21(26)25-8-7-17(14-25)24-20-13-22-12-16(23-20)6-5-15-9-18(27-2)11-19(10-15)28-3/h4,9-13,17H,1,7-8,14H2,2-3H3,(H,23,24)/t17-/m0/s1. The minimum Gasteiger partial charge on any atom is -0.497 e. The van der Waals surface area contributed by atoms with Gasteiger partial charge in [0.25, 0.3) is 0 Å². The molecule has 1 aromatic carbocycles. The fraction of sp³-hybridized carbons (Fsp3) is 0.286. The van der Waals surface area contributed by atoms with Gasteiger partial charge in [-0.2, -0.15) is 0 Å². The van der Waals surface area contributed by atoms with Crippen molar-refractivity contribution in [3.63, 3.8) is 0 Å². The molecule has 7 heteroatoms. The number of rotatable bonds is 5. The molecule has 1 aliphatic heterocycles. The molecule has 1 fully saturated rings. The summed E-state index contributed by atoms with van der Waals surface area (Å²) in [7, 11) is 3.19. The molecule has 1 aromatic heterocycles. The van der Waals surface area contributed by atoms with Gasteiger partial charge >= 0.3 is 0 Å². The number of nitrogens with one attached hydrogen (secondary N) is 1. The minimum atomic E-state index is -0.0521. The average Bonchev–Trinajstić information content (AvgIpc) is 3.20. The highest BCUT2D eigenvalue weighted by atomic mass is 16.5. The van der Waals surface area contributed by atoms with Crippen LogP contribution in [0.4, 0.5) is 5.82 Å². The number of anilines is 1. The van der Waals surface area contributed by atoms with Crippen LogP contribution < -0.4 is 14.8 Å². The third-order valence-corrected chi connectivity index (χ3v) is 4.35. The summed E-state index contributed by atoms with van der Waals surface area (Å²) in [5.41, 5.74) is 1.30. The van der Waals surface area contributed by atoms with Crippen molar-refractivity contribution in [1.82, 2.24) is 14.9 Å². The lowest BCUT2D eigenvalue weighted by Crippen LogP contribution is -2.30. The van der Waals surface area contributed by atoms with E-state index in [4.69, 9.17) is 9.47 Å². The molecular formula is C21H22N4O3. The molecule has 0 aliphatic carbocycles. The normalized spacial score (nSPS) is 15.4. The van der Waals surface area contributed by atoms with E-state index in [1.54, 1.807) is 37.6 Å². The highest BCUT2D eigenvalue weighted by Gasteiger charge is 2.24. The first kappa shape index (κ1) is 19.2. The van der Waals surface area contributed by atoms with Gasteiger partial charge in [0.05, 0.1) is 26.6 Å². The number of carbonyl (C=O) groups is 1. The van der Waals surface area contributed by atoms with Crippen LogP contribution in [-0.2, 0) is 4.79 Å². The number of hydrogen-bond acceptors (Lipinski definition) is 6. The van der Waals surface area contributed by atoms with E-state index < -0.39 is 0 Å². The van der Waals surface area contributed by atoms with Crippen LogP contribution in [0.1, 0.15) is 17.7 Å². The maximum atomic E-state index is 11.7. The van der Waals surface area contributed by atoms with Crippen LogP contribution in [0.25, 0.3) is 0 Å². The Bertz CT molecular complexity index is 910. The van der Waals surface area contributed by atoms with Crippen LogP contribution in [0.15, 0.2) is 43.2 Å². The van der Waals surface area contributed by atoms with Crippen LogP contribution in [0, 0.1) is 11.8 Å². The van der Waals surface area contributed by atoms with Crippen LogP contribution in [0.5, 0.6) is 11.5 Å². The second-order valence-electron chi connectivity index (χ2n) is 6.26. The topological polar surface area (TPSA) is 76.6 Å². The highest BCUT2D eigenvalue weighted by molar-refractivity contribution is 5.87. The van der Waals surface area contributed by atoms with E-state index in [1.165, 1.54) is 6.08 Å². The second kappa shape index (κ2) is 8.91. The zero-order valence-electron chi connectivity index (χ0n) is 15.9. The number of hydrogen-bond donors (Lipinski definition) is 1. The van der Waals surface area contributed by atoms with Gasteiger partial charge in [-0.25, -0.2) is 4.98 Å². The van der Waals surface area contributed by atoms with Crippen LogP contribution >= 0.6 is 0 Å². The monoisotopic (exact) mass is 378 g/mol. The summed E-state index contributed by atoms with van der Waals surface area (Å²) in [6, 6.07) is 5.57. The molecule has 0 unspecified atom stereocenters. The Morgan fingerprint density at radius 1 is 1.25 bits per heavy atom. The van der Waals surface area contributed by atoms with Gasteiger partial charge in [0.15, 0.2) is 0 Å². The summed E-state index contributed by atoms with van der Waals surface area (Å²) in [6.45, 7) is 4.85. The molecule has 1 aliphatic rings. The Balaban J connectivity index is 1.70. The number of benzene rings is 1. The zero-order chi connectivity index (χ0) is 19.9. The first-order valence-corrected chi connectivity index (χ1v) is 8.86. The van der Waals surface area contributed by atoms with Crippen LogP contribution in [0.2, 0.25) is 0 Å². The highest BCUT2D eigenvalue weighted by Crippen LogP contribution is 2.22. The van der Waals surface area contributed by atoms with E-state index in [0.717, 1.165) is 12.0 Å². The Morgan fingerprint density at radius 2 is 2.00 bits per heavy atom. The number of amides is 1. The van der Waals surface area contributed by atoms with Gasteiger partial charge in [0.1, 0.15) is 23.0 Å². The van der Waals surface area contributed by atoms with Crippen molar-refractivity contribution in [3.8, 4) is 23.3 Å². The molecule has 2 aromatic rings. The van der Waals surface area contributed by atoms with Crippen molar-refractivity contribution >= 4 is 11.7 Å². The number of likely N-dealkylation sites (tertiary alicyclic amines) is 1. The molecule has 28 heavy (non-hydrogen) atoms. The van der Waals surface area contributed by atoms with E-state index >= 15 is 0 Å². The average molecular weight is 378 g/mol. The first-order chi connectivity index (χ1) is 13.6.